The molecule has 0 atom stereocenters. The fourth-order valence-corrected chi connectivity index (χ4v) is 1.50. The summed E-state index contributed by atoms with van der Waals surface area (Å²) in [5.74, 6) is 0. The molecule has 0 aliphatic heterocycles. The van der Waals surface area contributed by atoms with Gasteiger partial charge in [-0.05, 0) is 6.42 Å². The molecule has 0 heterocycles. The highest BCUT2D eigenvalue weighted by Crippen LogP contribution is 1.93. The molecule has 0 aromatic carbocycles. The van der Waals surface area contributed by atoms with Crippen molar-refractivity contribution < 1.29 is 9.81 Å². The number of rotatable bonds is 3. The summed E-state index contributed by atoms with van der Waals surface area (Å²) in [7, 11) is -0.348. The molecule has 8 heavy (non-hydrogen) atoms. The number of halogens is 1. The van der Waals surface area contributed by atoms with Gasteiger partial charge in [0.15, 0.2) is 0 Å². The lowest BCUT2D eigenvalue weighted by Gasteiger charge is -1.96. The first-order valence-electron chi connectivity index (χ1n) is 2.88. The zero-order valence-electron chi connectivity index (χ0n) is 5.55. The Morgan fingerprint density at radius 1 is 1.38 bits per heavy atom. The van der Waals surface area contributed by atoms with Crippen LogP contribution in [0, 0.1) is 0 Å². The summed E-state index contributed by atoms with van der Waals surface area (Å²) in [6.45, 7) is 4.98. The third-order valence-electron chi connectivity index (χ3n) is 0.940. The highest BCUT2D eigenvalue weighted by molar-refractivity contribution is 6.55. The Morgan fingerprint density at radius 2 is 1.88 bits per heavy atom. The van der Waals surface area contributed by atoms with E-state index < -0.39 is 0 Å². The molecule has 0 spiro atoms. The van der Waals surface area contributed by atoms with Gasteiger partial charge in [0.05, 0.1) is 0 Å². The van der Waals surface area contributed by atoms with E-state index in [1.807, 2.05) is 0 Å². The average Bonchev–Trinajstić information content (AvgIpc) is 1.61. The Balaban J connectivity index is 0. The first kappa shape index (κ1) is 11.0. The van der Waals surface area contributed by atoms with Crippen LogP contribution in [0.25, 0.3) is 0 Å². The van der Waals surface area contributed by atoms with Crippen molar-refractivity contribution in [1.29, 1.82) is 0 Å². The maximum Gasteiger partial charge on any atom is 0.0428 e. The number of hydrogen-bond acceptors (Lipinski definition) is 1. The predicted molar refractivity (Wildman–Crippen MR) is 37.9 cm³/mol. The fourth-order valence-electron chi connectivity index (χ4n) is 0.500. The summed E-state index contributed by atoms with van der Waals surface area (Å²) >= 11 is 0. The van der Waals surface area contributed by atoms with Crippen LogP contribution >= 0.6 is 0 Å². The monoisotopic (exact) mass is 138 g/mol. The van der Waals surface area contributed by atoms with E-state index in [0.717, 1.165) is 6.42 Å². The fraction of sp³-hybridized carbons (Fsp3) is 1.00. The molecule has 0 unspecified atom stereocenters. The van der Waals surface area contributed by atoms with E-state index in [4.69, 9.17) is 5.11 Å². The molecule has 0 amide bonds. The Kier molecular flexibility index (Phi) is 9.75. The zero-order valence-corrected chi connectivity index (χ0v) is 6.71. The minimum absolute atomic E-state index is 0. The molecule has 0 bridgehead atoms. The summed E-state index contributed by atoms with van der Waals surface area (Å²) in [5, 5.41) is 8.34. The summed E-state index contributed by atoms with van der Waals surface area (Å²) in [6.07, 6.45) is 1.02. The molecule has 0 aromatic rings. The molecule has 0 saturated carbocycles. The first-order valence-corrected chi connectivity index (χ1v) is 6.01. The van der Waals surface area contributed by atoms with Crippen molar-refractivity contribution in [2.45, 2.75) is 25.6 Å². The van der Waals surface area contributed by atoms with Gasteiger partial charge < -0.3 is 5.11 Å². The highest BCUT2D eigenvalue weighted by Gasteiger charge is 1.91. The van der Waals surface area contributed by atoms with Gasteiger partial charge in [0.25, 0.3) is 0 Å². The molecule has 0 aliphatic carbocycles. The number of hydrogen-bond donors (Lipinski definition) is 1. The summed E-state index contributed by atoms with van der Waals surface area (Å²) in [4.78, 5) is 0. The van der Waals surface area contributed by atoms with Crippen LogP contribution in [0.3, 0.4) is 0 Å². The summed E-state index contributed by atoms with van der Waals surface area (Å²) in [6, 6.07) is 1.29. The molecular formula is C5H15FOSi. The Hall–Kier alpha value is 0.107. The van der Waals surface area contributed by atoms with Gasteiger partial charge in [0.1, 0.15) is 0 Å². The Morgan fingerprint density at radius 3 is 2.00 bits per heavy atom. The van der Waals surface area contributed by atoms with Crippen molar-refractivity contribution in [2.75, 3.05) is 6.61 Å². The standard InChI is InChI=1S/C5H14OSi.FH/c1-7(2)5-3-4-6;/h6-7H,3-5H2,1-2H3;1H. The number of aliphatic hydroxyl groups excluding tert-OH is 1. The normalized spacial score (nSPS) is 9.00. The minimum Gasteiger partial charge on any atom is -0.396 e. The molecule has 0 radical (unpaired) electrons. The van der Waals surface area contributed by atoms with E-state index in [-0.39, 0.29) is 13.5 Å². The molecule has 0 saturated heterocycles. The van der Waals surface area contributed by atoms with Gasteiger partial charge in [0.2, 0.25) is 0 Å². The SMILES string of the molecule is C[SiH](C)CCCO.F. The third-order valence-corrected chi connectivity index (χ3v) is 2.50. The van der Waals surface area contributed by atoms with Gasteiger partial charge in [0, 0.05) is 15.4 Å². The van der Waals surface area contributed by atoms with Crippen LogP contribution < -0.4 is 0 Å². The molecule has 0 rings (SSSR count). The van der Waals surface area contributed by atoms with Crippen LogP contribution in [-0.2, 0) is 0 Å². The second-order valence-corrected chi connectivity index (χ2v) is 5.62. The van der Waals surface area contributed by atoms with Gasteiger partial charge in [-0.15, -0.1) is 0 Å². The van der Waals surface area contributed by atoms with Crippen molar-refractivity contribution >= 4 is 8.80 Å². The smallest absolute Gasteiger partial charge is 0.0428 e. The van der Waals surface area contributed by atoms with Crippen LogP contribution in [0.1, 0.15) is 6.42 Å². The largest absolute Gasteiger partial charge is 0.396 e. The topological polar surface area (TPSA) is 20.2 Å². The van der Waals surface area contributed by atoms with Crippen LogP contribution in [-0.4, -0.2) is 20.5 Å². The van der Waals surface area contributed by atoms with E-state index in [1.165, 1.54) is 6.04 Å². The lowest BCUT2D eigenvalue weighted by atomic mass is 10.5. The van der Waals surface area contributed by atoms with Crippen molar-refractivity contribution in [3.05, 3.63) is 0 Å². The van der Waals surface area contributed by atoms with E-state index in [2.05, 4.69) is 13.1 Å². The van der Waals surface area contributed by atoms with E-state index in [0.29, 0.717) is 6.61 Å². The van der Waals surface area contributed by atoms with Gasteiger partial charge in [-0.3, -0.25) is 4.70 Å². The molecule has 1 nitrogen and oxygen atoms in total. The molecule has 1 N–H and O–H groups in total. The Labute approximate surface area is 51.7 Å². The molecule has 3 heteroatoms. The predicted octanol–water partition coefficient (Wildman–Crippen LogP) is 1.01. The van der Waals surface area contributed by atoms with Crippen molar-refractivity contribution in [1.82, 2.24) is 0 Å². The van der Waals surface area contributed by atoms with E-state index in [1.54, 1.807) is 0 Å². The molecular weight excluding hydrogens is 123 g/mol. The highest BCUT2D eigenvalue weighted by atomic mass is 28.3. The third kappa shape index (κ3) is 9.44. The van der Waals surface area contributed by atoms with Gasteiger partial charge >= 0.3 is 0 Å². The summed E-state index contributed by atoms with van der Waals surface area (Å²) in [5.41, 5.74) is 0. The lowest BCUT2D eigenvalue weighted by molar-refractivity contribution is 0.294. The molecule has 52 valence electrons. The van der Waals surface area contributed by atoms with E-state index >= 15 is 0 Å². The van der Waals surface area contributed by atoms with Gasteiger partial charge in [-0.1, -0.05) is 19.1 Å². The van der Waals surface area contributed by atoms with Crippen LogP contribution in [0.5, 0.6) is 0 Å². The molecule has 0 aromatic heterocycles. The van der Waals surface area contributed by atoms with Gasteiger partial charge in [-0.25, -0.2) is 0 Å². The second kappa shape index (κ2) is 7.11. The van der Waals surface area contributed by atoms with Crippen molar-refractivity contribution in [2.24, 2.45) is 0 Å². The van der Waals surface area contributed by atoms with Crippen LogP contribution in [0.4, 0.5) is 4.70 Å². The number of aliphatic hydroxyl groups is 1. The lowest BCUT2D eigenvalue weighted by Crippen LogP contribution is -1.99. The summed E-state index contributed by atoms with van der Waals surface area (Å²) < 4.78 is 0. The molecule has 0 fully saturated rings. The average molecular weight is 138 g/mol. The quantitative estimate of drug-likeness (QED) is 0.577. The first-order chi connectivity index (χ1) is 3.27. The maximum atomic E-state index is 8.34. The zero-order chi connectivity index (χ0) is 5.70. The van der Waals surface area contributed by atoms with Crippen LogP contribution in [0.15, 0.2) is 0 Å². The van der Waals surface area contributed by atoms with Crippen molar-refractivity contribution in [3.63, 3.8) is 0 Å². The van der Waals surface area contributed by atoms with Gasteiger partial charge in [-0.2, -0.15) is 0 Å². The molecule has 0 aliphatic rings. The second-order valence-electron chi connectivity index (χ2n) is 2.26. The Bertz CT molecular complexity index is 41.4. The van der Waals surface area contributed by atoms with E-state index in [9.17, 15) is 0 Å². The van der Waals surface area contributed by atoms with Crippen LogP contribution in [0.2, 0.25) is 19.1 Å². The maximum absolute atomic E-state index is 8.34. The van der Waals surface area contributed by atoms with Crippen molar-refractivity contribution in [3.8, 4) is 0 Å². The minimum atomic E-state index is -0.348.